The van der Waals surface area contributed by atoms with Crippen molar-refractivity contribution in [3.63, 3.8) is 0 Å². The van der Waals surface area contributed by atoms with Gasteiger partial charge in [0.15, 0.2) is 0 Å². The summed E-state index contributed by atoms with van der Waals surface area (Å²) in [5.41, 5.74) is 0.187. The zero-order valence-electron chi connectivity index (χ0n) is 11.5. The van der Waals surface area contributed by atoms with Gasteiger partial charge in [0.05, 0.1) is 5.02 Å². The molecule has 1 saturated heterocycles. The Bertz CT molecular complexity index is 473. The van der Waals surface area contributed by atoms with Gasteiger partial charge in [-0.05, 0) is 44.0 Å². The van der Waals surface area contributed by atoms with E-state index in [2.05, 4.69) is 22.1 Å². The second kappa shape index (κ2) is 7.25. The Balaban J connectivity index is 1.79. The average Bonchev–Trinajstić information content (AvgIpc) is 2.43. The number of hydrogen-bond acceptors (Lipinski definition) is 3. The van der Waals surface area contributed by atoms with Crippen LogP contribution in [0, 0.1) is 5.92 Å². The molecule has 0 spiro atoms. The van der Waals surface area contributed by atoms with Gasteiger partial charge in [-0.1, -0.05) is 30.1 Å². The molecule has 0 aliphatic carbocycles. The number of hydrogen-bond donors (Lipinski definition) is 1. The van der Waals surface area contributed by atoms with Crippen molar-refractivity contribution in [2.45, 2.75) is 19.8 Å². The smallest absolute Gasteiger partial charge is 0.271 e. The number of nitrogens with zero attached hydrogens (tertiary/aromatic N) is 2. The van der Waals surface area contributed by atoms with Gasteiger partial charge in [-0.25, -0.2) is 4.98 Å². The summed E-state index contributed by atoms with van der Waals surface area (Å²) in [6, 6.07) is 3.15. The van der Waals surface area contributed by atoms with E-state index in [-0.39, 0.29) is 16.8 Å². The van der Waals surface area contributed by atoms with Crippen LogP contribution in [0.4, 0.5) is 0 Å². The molecule has 1 aromatic rings. The maximum atomic E-state index is 12.0. The van der Waals surface area contributed by atoms with Crippen molar-refractivity contribution < 1.29 is 4.79 Å². The van der Waals surface area contributed by atoms with Crippen LogP contribution in [0.3, 0.4) is 0 Å². The number of aromatic nitrogens is 1. The Morgan fingerprint density at radius 2 is 2.10 bits per heavy atom. The maximum absolute atomic E-state index is 12.0. The Kier molecular flexibility index (Phi) is 5.64. The number of nitrogens with one attached hydrogen (secondary N) is 1. The first-order chi connectivity index (χ1) is 9.56. The fraction of sp³-hybridized carbons (Fsp3) is 0.571. The molecule has 2 heterocycles. The van der Waals surface area contributed by atoms with E-state index in [0.717, 1.165) is 25.6 Å². The standard InChI is InChI=1S/C14H19Cl2N3O/c1-10-4-7-19(8-5-10)9-6-17-14(20)13-11(15)2-3-12(16)18-13/h2-3,10H,4-9H2,1H3,(H,17,20). The van der Waals surface area contributed by atoms with Crippen molar-refractivity contribution in [3.05, 3.63) is 28.0 Å². The first-order valence-corrected chi connectivity index (χ1v) is 7.64. The van der Waals surface area contributed by atoms with Gasteiger partial charge < -0.3 is 10.2 Å². The Morgan fingerprint density at radius 1 is 1.40 bits per heavy atom. The molecule has 1 amide bonds. The largest absolute Gasteiger partial charge is 0.349 e. The van der Waals surface area contributed by atoms with Crippen LogP contribution in [0.1, 0.15) is 30.3 Å². The number of carbonyl (C=O) groups excluding carboxylic acids is 1. The molecule has 0 bridgehead atoms. The highest BCUT2D eigenvalue weighted by molar-refractivity contribution is 6.34. The minimum atomic E-state index is -0.275. The summed E-state index contributed by atoms with van der Waals surface area (Å²) in [5.74, 6) is 0.540. The molecule has 1 aliphatic rings. The minimum absolute atomic E-state index is 0.187. The summed E-state index contributed by atoms with van der Waals surface area (Å²) >= 11 is 11.7. The number of amides is 1. The molecule has 0 saturated carbocycles. The predicted octanol–water partition coefficient (Wildman–Crippen LogP) is 2.85. The van der Waals surface area contributed by atoms with E-state index in [4.69, 9.17) is 23.2 Å². The molecular formula is C14H19Cl2N3O. The highest BCUT2D eigenvalue weighted by Crippen LogP contribution is 2.17. The topological polar surface area (TPSA) is 45.2 Å². The molecule has 2 rings (SSSR count). The zero-order valence-corrected chi connectivity index (χ0v) is 13.0. The van der Waals surface area contributed by atoms with E-state index in [1.807, 2.05) is 0 Å². The molecule has 110 valence electrons. The Labute approximate surface area is 129 Å². The van der Waals surface area contributed by atoms with Gasteiger partial charge in [0.2, 0.25) is 0 Å². The Morgan fingerprint density at radius 3 is 2.80 bits per heavy atom. The van der Waals surface area contributed by atoms with Crippen LogP contribution < -0.4 is 5.32 Å². The molecule has 4 nitrogen and oxygen atoms in total. The molecule has 1 aromatic heterocycles. The van der Waals surface area contributed by atoms with Gasteiger partial charge in [-0.2, -0.15) is 0 Å². The van der Waals surface area contributed by atoms with Crippen molar-refractivity contribution in [2.75, 3.05) is 26.2 Å². The number of piperidine rings is 1. The van der Waals surface area contributed by atoms with Crippen molar-refractivity contribution >= 4 is 29.1 Å². The van der Waals surface area contributed by atoms with Gasteiger partial charge in [-0.3, -0.25) is 4.79 Å². The van der Waals surface area contributed by atoms with Gasteiger partial charge in [-0.15, -0.1) is 0 Å². The lowest BCUT2D eigenvalue weighted by Gasteiger charge is -2.30. The van der Waals surface area contributed by atoms with Crippen molar-refractivity contribution in [3.8, 4) is 0 Å². The maximum Gasteiger partial charge on any atom is 0.271 e. The van der Waals surface area contributed by atoms with E-state index in [9.17, 15) is 4.79 Å². The van der Waals surface area contributed by atoms with Crippen molar-refractivity contribution in [1.82, 2.24) is 15.2 Å². The number of halogens is 2. The number of pyridine rings is 1. The van der Waals surface area contributed by atoms with Crippen LogP contribution in [-0.2, 0) is 0 Å². The van der Waals surface area contributed by atoms with Crippen LogP contribution >= 0.6 is 23.2 Å². The number of rotatable bonds is 4. The third-order valence-electron chi connectivity index (χ3n) is 3.62. The molecule has 0 aromatic carbocycles. The van der Waals surface area contributed by atoms with E-state index in [1.165, 1.54) is 12.8 Å². The normalized spacial score (nSPS) is 17.1. The van der Waals surface area contributed by atoms with Crippen LogP contribution in [0.25, 0.3) is 0 Å². The highest BCUT2D eigenvalue weighted by Gasteiger charge is 2.16. The molecule has 6 heteroatoms. The summed E-state index contributed by atoms with van der Waals surface area (Å²) in [6.07, 6.45) is 2.46. The third kappa shape index (κ3) is 4.33. The first kappa shape index (κ1) is 15.5. The van der Waals surface area contributed by atoms with Gasteiger partial charge in [0.25, 0.3) is 5.91 Å². The van der Waals surface area contributed by atoms with Crippen LogP contribution in [0.15, 0.2) is 12.1 Å². The van der Waals surface area contributed by atoms with E-state index < -0.39 is 0 Å². The fourth-order valence-electron chi connectivity index (χ4n) is 2.27. The summed E-state index contributed by atoms with van der Waals surface area (Å²) < 4.78 is 0. The summed E-state index contributed by atoms with van der Waals surface area (Å²) in [5, 5.41) is 3.43. The van der Waals surface area contributed by atoms with Crippen LogP contribution in [0.5, 0.6) is 0 Å². The first-order valence-electron chi connectivity index (χ1n) is 6.89. The molecule has 1 fully saturated rings. The quantitative estimate of drug-likeness (QED) is 0.869. The van der Waals surface area contributed by atoms with E-state index in [1.54, 1.807) is 12.1 Å². The lowest BCUT2D eigenvalue weighted by molar-refractivity contribution is 0.0939. The average molecular weight is 316 g/mol. The predicted molar refractivity (Wildman–Crippen MR) is 81.4 cm³/mol. The lowest BCUT2D eigenvalue weighted by atomic mass is 9.99. The van der Waals surface area contributed by atoms with E-state index >= 15 is 0 Å². The van der Waals surface area contributed by atoms with Gasteiger partial charge >= 0.3 is 0 Å². The lowest BCUT2D eigenvalue weighted by Crippen LogP contribution is -2.39. The van der Waals surface area contributed by atoms with Crippen LogP contribution in [-0.4, -0.2) is 42.0 Å². The minimum Gasteiger partial charge on any atom is -0.349 e. The SMILES string of the molecule is CC1CCN(CCNC(=O)c2nc(Cl)ccc2Cl)CC1. The van der Waals surface area contributed by atoms with E-state index in [0.29, 0.717) is 11.6 Å². The molecule has 0 radical (unpaired) electrons. The summed E-state index contributed by atoms with van der Waals surface area (Å²) in [4.78, 5) is 18.3. The second-order valence-corrected chi connectivity index (χ2v) is 6.04. The highest BCUT2D eigenvalue weighted by atomic mass is 35.5. The molecule has 0 unspecified atom stereocenters. The molecular weight excluding hydrogens is 297 g/mol. The number of likely N-dealkylation sites (tertiary alicyclic amines) is 1. The molecule has 1 N–H and O–H groups in total. The second-order valence-electron chi connectivity index (χ2n) is 5.24. The number of carbonyl (C=O) groups is 1. The summed E-state index contributed by atoms with van der Waals surface area (Å²) in [6.45, 7) is 5.95. The molecule has 20 heavy (non-hydrogen) atoms. The fourth-order valence-corrected chi connectivity index (χ4v) is 2.61. The summed E-state index contributed by atoms with van der Waals surface area (Å²) in [7, 11) is 0. The monoisotopic (exact) mass is 315 g/mol. The zero-order chi connectivity index (χ0) is 14.5. The van der Waals surface area contributed by atoms with Crippen LogP contribution in [0.2, 0.25) is 10.2 Å². The van der Waals surface area contributed by atoms with Gasteiger partial charge in [0.1, 0.15) is 10.8 Å². The molecule has 0 atom stereocenters. The third-order valence-corrected chi connectivity index (χ3v) is 4.13. The van der Waals surface area contributed by atoms with Crippen molar-refractivity contribution in [2.24, 2.45) is 5.92 Å². The van der Waals surface area contributed by atoms with Crippen molar-refractivity contribution in [1.29, 1.82) is 0 Å². The Hall–Kier alpha value is -0.840. The van der Waals surface area contributed by atoms with Gasteiger partial charge in [0, 0.05) is 13.1 Å². The molecule has 1 aliphatic heterocycles.